The molecule has 0 aliphatic rings. The van der Waals surface area contributed by atoms with Gasteiger partial charge in [-0.15, -0.1) is 11.6 Å². The van der Waals surface area contributed by atoms with E-state index in [1.807, 2.05) is 54.6 Å². The molecule has 2 aromatic rings. The molecule has 0 N–H and O–H groups in total. The van der Waals surface area contributed by atoms with Gasteiger partial charge in [0.25, 0.3) is 0 Å². The number of alkyl halides is 1. The maximum absolute atomic E-state index is 5.75. The van der Waals surface area contributed by atoms with E-state index in [4.69, 9.17) is 21.1 Å². The first-order valence-corrected chi connectivity index (χ1v) is 6.38. The maximum atomic E-state index is 5.75. The summed E-state index contributed by atoms with van der Waals surface area (Å²) >= 11 is 5.61. The van der Waals surface area contributed by atoms with E-state index >= 15 is 0 Å². The summed E-state index contributed by atoms with van der Waals surface area (Å²) in [6.45, 7) is 1.01. The summed E-state index contributed by atoms with van der Waals surface area (Å²) in [6, 6.07) is 17.7. The Morgan fingerprint density at radius 1 is 0.778 bits per heavy atom. The van der Waals surface area contributed by atoms with Gasteiger partial charge in [-0.25, -0.2) is 0 Å². The van der Waals surface area contributed by atoms with Crippen molar-refractivity contribution in [2.75, 3.05) is 12.5 Å². The predicted octanol–water partition coefficient (Wildman–Crippen LogP) is 3.88. The molecule has 0 radical (unpaired) electrons. The van der Waals surface area contributed by atoms with Crippen LogP contribution in [0.3, 0.4) is 0 Å². The summed E-state index contributed by atoms with van der Waals surface area (Å²) in [5.74, 6) is 1.94. The average Bonchev–Trinajstić information content (AvgIpc) is 2.45. The van der Waals surface area contributed by atoms with Crippen molar-refractivity contribution in [3.63, 3.8) is 0 Å². The third kappa shape index (κ3) is 3.67. The number of halogens is 1. The minimum atomic E-state index is 0.465. The Labute approximate surface area is 112 Å². The summed E-state index contributed by atoms with van der Waals surface area (Å²) in [4.78, 5) is 0. The van der Waals surface area contributed by atoms with Crippen LogP contribution in [-0.4, -0.2) is 12.5 Å². The lowest BCUT2D eigenvalue weighted by Crippen LogP contribution is -2.01. The molecule has 94 valence electrons. The van der Waals surface area contributed by atoms with E-state index in [0.29, 0.717) is 19.1 Å². The van der Waals surface area contributed by atoms with E-state index in [2.05, 4.69) is 0 Å². The lowest BCUT2D eigenvalue weighted by Gasteiger charge is -2.11. The van der Waals surface area contributed by atoms with Crippen LogP contribution in [-0.2, 0) is 6.61 Å². The topological polar surface area (TPSA) is 18.5 Å². The second kappa shape index (κ2) is 6.92. The minimum Gasteiger partial charge on any atom is -0.488 e. The summed E-state index contributed by atoms with van der Waals surface area (Å²) in [6.07, 6.45) is 0. The molecular weight excluding hydrogens is 248 g/mol. The van der Waals surface area contributed by atoms with Crippen LogP contribution in [0.2, 0.25) is 0 Å². The smallest absolute Gasteiger partial charge is 0.161 e. The predicted molar refractivity (Wildman–Crippen MR) is 73.4 cm³/mol. The monoisotopic (exact) mass is 262 g/mol. The van der Waals surface area contributed by atoms with Crippen LogP contribution < -0.4 is 9.47 Å². The van der Waals surface area contributed by atoms with Gasteiger partial charge in [0.1, 0.15) is 13.2 Å². The SMILES string of the molecule is ClCCOc1ccccc1OCc1ccccc1. The van der Waals surface area contributed by atoms with Gasteiger partial charge in [0.2, 0.25) is 0 Å². The van der Waals surface area contributed by atoms with Gasteiger partial charge < -0.3 is 9.47 Å². The highest BCUT2D eigenvalue weighted by atomic mass is 35.5. The van der Waals surface area contributed by atoms with E-state index in [9.17, 15) is 0 Å². The Balaban J connectivity index is 2.00. The molecule has 0 aliphatic heterocycles. The third-order valence-electron chi connectivity index (χ3n) is 2.42. The number of ether oxygens (including phenoxy) is 2. The fraction of sp³-hybridized carbons (Fsp3) is 0.200. The lowest BCUT2D eigenvalue weighted by molar-refractivity contribution is 0.270. The summed E-state index contributed by atoms with van der Waals surface area (Å²) in [5, 5.41) is 0. The van der Waals surface area contributed by atoms with E-state index < -0.39 is 0 Å². The molecule has 18 heavy (non-hydrogen) atoms. The molecule has 0 bridgehead atoms. The zero-order chi connectivity index (χ0) is 12.6. The molecule has 0 unspecified atom stereocenters. The van der Waals surface area contributed by atoms with Crippen molar-refractivity contribution in [1.29, 1.82) is 0 Å². The Morgan fingerprint density at radius 2 is 1.39 bits per heavy atom. The Hall–Kier alpha value is -1.67. The fourth-order valence-electron chi connectivity index (χ4n) is 1.57. The highest BCUT2D eigenvalue weighted by Crippen LogP contribution is 2.27. The van der Waals surface area contributed by atoms with Crippen molar-refractivity contribution in [2.45, 2.75) is 6.61 Å². The molecule has 0 fully saturated rings. The Morgan fingerprint density at radius 3 is 2.06 bits per heavy atom. The van der Waals surface area contributed by atoms with Gasteiger partial charge in [0, 0.05) is 0 Å². The summed E-state index contributed by atoms with van der Waals surface area (Å²) in [5.41, 5.74) is 1.13. The van der Waals surface area contributed by atoms with Gasteiger partial charge in [-0.2, -0.15) is 0 Å². The Bertz CT molecular complexity index is 471. The molecule has 0 aliphatic carbocycles. The highest BCUT2D eigenvalue weighted by Gasteiger charge is 2.03. The number of benzene rings is 2. The lowest BCUT2D eigenvalue weighted by atomic mass is 10.2. The first kappa shape index (κ1) is 12.8. The van der Waals surface area contributed by atoms with Crippen molar-refractivity contribution in [1.82, 2.24) is 0 Å². The Kier molecular flexibility index (Phi) is 4.91. The first-order chi connectivity index (χ1) is 8.90. The van der Waals surface area contributed by atoms with Gasteiger partial charge >= 0.3 is 0 Å². The normalized spacial score (nSPS) is 10.1. The molecule has 2 nitrogen and oxygen atoms in total. The molecule has 2 rings (SSSR count). The van der Waals surface area contributed by atoms with Gasteiger partial charge in [0.05, 0.1) is 5.88 Å². The molecule has 2 aromatic carbocycles. The highest BCUT2D eigenvalue weighted by molar-refractivity contribution is 6.18. The van der Waals surface area contributed by atoms with Crippen LogP contribution in [0.15, 0.2) is 54.6 Å². The second-order valence-electron chi connectivity index (χ2n) is 3.76. The van der Waals surface area contributed by atoms with Crippen molar-refractivity contribution in [2.24, 2.45) is 0 Å². The van der Waals surface area contributed by atoms with Crippen LogP contribution >= 0.6 is 11.6 Å². The average molecular weight is 263 g/mol. The molecule has 0 saturated carbocycles. The minimum absolute atomic E-state index is 0.465. The van der Waals surface area contributed by atoms with E-state index in [1.54, 1.807) is 0 Å². The quantitative estimate of drug-likeness (QED) is 0.736. The maximum Gasteiger partial charge on any atom is 0.161 e. The third-order valence-corrected chi connectivity index (χ3v) is 2.58. The number of para-hydroxylation sites is 2. The zero-order valence-electron chi connectivity index (χ0n) is 10.0. The van der Waals surface area contributed by atoms with Crippen LogP contribution in [0.4, 0.5) is 0 Å². The van der Waals surface area contributed by atoms with Crippen LogP contribution in [0.5, 0.6) is 11.5 Å². The van der Waals surface area contributed by atoms with Crippen LogP contribution in [0.1, 0.15) is 5.56 Å². The second-order valence-corrected chi connectivity index (χ2v) is 4.14. The van der Waals surface area contributed by atoms with Gasteiger partial charge in [-0.05, 0) is 17.7 Å². The molecule has 0 aromatic heterocycles. The van der Waals surface area contributed by atoms with Crippen molar-refractivity contribution in [3.8, 4) is 11.5 Å². The largest absolute Gasteiger partial charge is 0.488 e. The summed E-state index contributed by atoms with van der Waals surface area (Å²) in [7, 11) is 0. The number of hydrogen-bond donors (Lipinski definition) is 0. The summed E-state index contributed by atoms with van der Waals surface area (Å²) < 4.78 is 11.3. The van der Waals surface area contributed by atoms with Crippen molar-refractivity contribution >= 4 is 11.6 Å². The molecule has 0 heterocycles. The van der Waals surface area contributed by atoms with Gasteiger partial charge in [0.15, 0.2) is 11.5 Å². The molecule has 3 heteroatoms. The van der Waals surface area contributed by atoms with Crippen molar-refractivity contribution < 1.29 is 9.47 Å². The van der Waals surface area contributed by atoms with E-state index in [1.165, 1.54) is 0 Å². The van der Waals surface area contributed by atoms with Gasteiger partial charge in [-0.3, -0.25) is 0 Å². The van der Waals surface area contributed by atoms with Crippen LogP contribution in [0.25, 0.3) is 0 Å². The zero-order valence-corrected chi connectivity index (χ0v) is 10.8. The number of rotatable bonds is 6. The molecule has 0 atom stereocenters. The van der Waals surface area contributed by atoms with Crippen LogP contribution in [0, 0.1) is 0 Å². The van der Waals surface area contributed by atoms with E-state index in [-0.39, 0.29) is 0 Å². The molecule has 0 saturated heterocycles. The fourth-order valence-corrected chi connectivity index (χ4v) is 1.65. The molecule has 0 spiro atoms. The van der Waals surface area contributed by atoms with Crippen molar-refractivity contribution in [3.05, 3.63) is 60.2 Å². The molecule has 0 amide bonds. The van der Waals surface area contributed by atoms with E-state index in [0.717, 1.165) is 17.1 Å². The van der Waals surface area contributed by atoms with Gasteiger partial charge in [-0.1, -0.05) is 42.5 Å². The first-order valence-electron chi connectivity index (χ1n) is 5.84. The number of hydrogen-bond acceptors (Lipinski definition) is 2. The molecular formula is C15H15ClO2. The standard InChI is InChI=1S/C15H15ClO2/c16-10-11-17-14-8-4-5-9-15(14)18-12-13-6-2-1-3-7-13/h1-9H,10-12H2.